The summed E-state index contributed by atoms with van der Waals surface area (Å²) in [7, 11) is 0. The molecule has 2 rings (SSSR count). The van der Waals surface area contributed by atoms with E-state index in [1.54, 1.807) is 12.1 Å². The highest BCUT2D eigenvalue weighted by molar-refractivity contribution is 7.99. The van der Waals surface area contributed by atoms with Gasteiger partial charge in [0.25, 0.3) is 11.4 Å². The lowest BCUT2D eigenvalue weighted by molar-refractivity contribution is -0.388. The molecule has 112 valence electrons. The zero-order valence-corrected chi connectivity index (χ0v) is 12.1. The van der Waals surface area contributed by atoms with E-state index in [1.807, 2.05) is 0 Å². The van der Waals surface area contributed by atoms with E-state index in [0.717, 1.165) is 23.9 Å². The van der Waals surface area contributed by atoms with Crippen LogP contribution in [0.15, 0.2) is 46.2 Å². The van der Waals surface area contributed by atoms with Gasteiger partial charge in [-0.05, 0) is 24.3 Å². The lowest BCUT2D eigenvalue weighted by atomic mass is 10.2. The first-order valence-electron chi connectivity index (χ1n) is 6.01. The van der Waals surface area contributed by atoms with E-state index in [1.165, 1.54) is 24.3 Å². The second kappa shape index (κ2) is 6.56. The first-order valence-corrected chi connectivity index (χ1v) is 6.83. The van der Waals surface area contributed by atoms with Gasteiger partial charge in [-0.2, -0.15) is 10.5 Å². The van der Waals surface area contributed by atoms with E-state index in [0.29, 0.717) is 0 Å². The number of benzene rings is 2. The fourth-order valence-corrected chi connectivity index (χ4v) is 2.74. The number of nitriles is 2. The lowest BCUT2D eigenvalue weighted by Crippen LogP contribution is -1.94. The molecule has 0 aliphatic rings. The summed E-state index contributed by atoms with van der Waals surface area (Å²) in [6.07, 6.45) is 0. The molecule has 0 heterocycles. The van der Waals surface area contributed by atoms with Crippen LogP contribution in [0.4, 0.5) is 11.4 Å². The first kappa shape index (κ1) is 15.9. The van der Waals surface area contributed by atoms with Crippen molar-refractivity contribution in [2.45, 2.75) is 9.79 Å². The minimum Gasteiger partial charge on any atom is -0.258 e. The Morgan fingerprint density at radius 1 is 0.826 bits per heavy atom. The molecule has 0 bridgehead atoms. The molecular weight excluding hydrogens is 320 g/mol. The van der Waals surface area contributed by atoms with Crippen LogP contribution in [-0.2, 0) is 0 Å². The topological polar surface area (TPSA) is 134 Å². The average Bonchev–Trinajstić information content (AvgIpc) is 2.55. The summed E-state index contributed by atoms with van der Waals surface area (Å²) in [6, 6.07) is 11.3. The van der Waals surface area contributed by atoms with Gasteiger partial charge >= 0.3 is 0 Å². The maximum atomic E-state index is 11.1. The van der Waals surface area contributed by atoms with Crippen LogP contribution in [0.2, 0.25) is 0 Å². The van der Waals surface area contributed by atoms with E-state index >= 15 is 0 Å². The molecule has 8 nitrogen and oxygen atoms in total. The molecular formula is C14H6N4O4S. The van der Waals surface area contributed by atoms with Gasteiger partial charge in [0.15, 0.2) is 0 Å². The largest absolute Gasteiger partial charge is 0.284 e. The third kappa shape index (κ3) is 3.43. The Morgan fingerprint density at radius 2 is 1.22 bits per heavy atom. The SMILES string of the molecule is N#Cc1ccc(Sc2ccc(C#N)cc2[N+](=O)[O-])c([N+](=O)[O-])c1. The smallest absolute Gasteiger partial charge is 0.258 e. The predicted molar refractivity (Wildman–Crippen MR) is 79.7 cm³/mol. The van der Waals surface area contributed by atoms with Gasteiger partial charge in [0.05, 0.1) is 42.9 Å². The van der Waals surface area contributed by atoms with Gasteiger partial charge < -0.3 is 0 Å². The molecule has 0 N–H and O–H groups in total. The molecule has 2 aromatic rings. The van der Waals surface area contributed by atoms with Crippen molar-refractivity contribution in [2.75, 3.05) is 0 Å². The molecule has 0 atom stereocenters. The van der Waals surface area contributed by atoms with E-state index in [9.17, 15) is 20.2 Å². The van der Waals surface area contributed by atoms with Crippen molar-refractivity contribution >= 4 is 23.1 Å². The zero-order valence-electron chi connectivity index (χ0n) is 11.3. The molecule has 0 radical (unpaired) electrons. The third-order valence-electron chi connectivity index (χ3n) is 2.79. The van der Waals surface area contributed by atoms with Crippen molar-refractivity contribution in [3.8, 4) is 12.1 Å². The second-order valence-electron chi connectivity index (χ2n) is 4.20. The van der Waals surface area contributed by atoms with Crippen molar-refractivity contribution < 1.29 is 9.85 Å². The minimum absolute atomic E-state index is 0.121. The van der Waals surface area contributed by atoms with Crippen LogP contribution in [0.25, 0.3) is 0 Å². The van der Waals surface area contributed by atoms with Crippen molar-refractivity contribution in [3.63, 3.8) is 0 Å². The standard InChI is InChI=1S/C14H6N4O4S/c15-7-9-1-3-13(11(5-9)17(19)20)23-14-4-2-10(8-16)6-12(14)18(21)22/h1-6H. The number of rotatable bonds is 4. The Hall–Kier alpha value is -3.43. The summed E-state index contributed by atoms with van der Waals surface area (Å²) in [5, 5.41) is 39.8. The molecule has 0 aliphatic carbocycles. The summed E-state index contributed by atoms with van der Waals surface area (Å²) in [5.74, 6) is 0. The molecule has 0 spiro atoms. The normalized spacial score (nSPS) is 9.65. The van der Waals surface area contributed by atoms with Crippen molar-refractivity contribution in [1.29, 1.82) is 10.5 Å². The molecule has 0 aromatic heterocycles. The van der Waals surface area contributed by atoms with E-state index in [-0.39, 0.29) is 32.3 Å². The summed E-state index contributed by atoms with van der Waals surface area (Å²) in [4.78, 5) is 21.2. The Kier molecular flexibility index (Phi) is 4.55. The third-order valence-corrected chi connectivity index (χ3v) is 3.92. The van der Waals surface area contributed by atoms with Gasteiger partial charge in [-0.15, -0.1) is 0 Å². The molecule has 0 unspecified atom stereocenters. The van der Waals surface area contributed by atoms with Gasteiger partial charge in [-0.1, -0.05) is 11.8 Å². The maximum Gasteiger partial charge on any atom is 0.284 e. The number of hydrogen-bond acceptors (Lipinski definition) is 7. The molecule has 0 fully saturated rings. The molecule has 9 heteroatoms. The van der Waals surface area contributed by atoms with Crippen LogP contribution in [0, 0.1) is 42.9 Å². The Morgan fingerprint density at radius 3 is 1.52 bits per heavy atom. The summed E-state index contributed by atoms with van der Waals surface area (Å²) >= 11 is 0.834. The fourth-order valence-electron chi connectivity index (χ4n) is 1.75. The van der Waals surface area contributed by atoms with Crippen LogP contribution < -0.4 is 0 Å². The van der Waals surface area contributed by atoms with Gasteiger partial charge in [0, 0.05) is 12.1 Å². The minimum atomic E-state index is -0.654. The highest BCUT2D eigenvalue weighted by atomic mass is 32.2. The quantitative estimate of drug-likeness (QED) is 0.620. The number of hydrogen-bond donors (Lipinski definition) is 0. The Balaban J connectivity index is 2.52. The molecule has 0 aliphatic heterocycles. The highest BCUT2D eigenvalue weighted by Crippen LogP contribution is 2.39. The maximum absolute atomic E-state index is 11.1. The number of nitro benzene ring substituents is 2. The molecule has 0 saturated carbocycles. The van der Waals surface area contributed by atoms with Crippen LogP contribution in [0.1, 0.15) is 11.1 Å². The molecule has 2 aromatic carbocycles. The van der Waals surface area contributed by atoms with Crippen LogP contribution >= 0.6 is 11.8 Å². The van der Waals surface area contributed by atoms with Gasteiger partial charge in [-0.3, -0.25) is 20.2 Å². The highest BCUT2D eigenvalue weighted by Gasteiger charge is 2.21. The molecule has 23 heavy (non-hydrogen) atoms. The zero-order chi connectivity index (χ0) is 17.0. The molecule has 0 saturated heterocycles. The second-order valence-corrected chi connectivity index (χ2v) is 5.29. The summed E-state index contributed by atoms with van der Waals surface area (Å²) < 4.78 is 0. The molecule has 0 amide bonds. The Labute approximate surface area is 133 Å². The average molecular weight is 326 g/mol. The Bertz CT molecular complexity index is 825. The van der Waals surface area contributed by atoms with Gasteiger partial charge in [0.1, 0.15) is 0 Å². The van der Waals surface area contributed by atoms with Crippen LogP contribution in [-0.4, -0.2) is 9.85 Å². The lowest BCUT2D eigenvalue weighted by Gasteiger charge is -2.04. The van der Waals surface area contributed by atoms with Crippen molar-refractivity contribution in [1.82, 2.24) is 0 Å². The van der Waals surface area contributed by atoms with E-state index < -0.39 is 9.85 Å². The van der Waals surface area contributed by atoms with E-state index in [4.69, 9.17) is 10.5 Å². The van der Waals surface area contributed by atoms with E-state index in [2.05, 4.69) is 0 Å². The van der Waals surface area contributed by atoms with Crippen molar-refractivity contribution in [2.24, 2.45) is 0 Å². The number of nitrogens with zero attached hydrogens (tertiary/aromatic N) is 4. The summed E-state index contributed by atoms with van der Waals surface area (Å²) in [5.41, 5.74) is -0.383. The number of nitro groups is 2. The van der Waals surface area contributed by atoms with Crippen LogP contribution in [0.3, 0.4) is 0 Å². The first-order chi connectivity index (χ1) is 11.0. The monoisotopic (exact) mass is 326 g/mol. The predicted octanol–water partition coefficient (Wildman–Crippen LogP) is 3.40. The van der Waals surface area contributed by atoms with Gasteiger partial charge in [-0.25, -0.2) is 0 Å². The fraction of sp³-hybridized carbons (Fsp3) is 0. The summed E-state index contributed by atoms with van der Waals surface area (Å²) in [6.45, 7) is 0. The van der Waals surface area contributed by atoms with Crippen molar-refractivity contribution in [3.05, 3.63) is 67.8 Å². The van der Waals surface area contributed by atoms with Gasteiger partial charge in [0.2, 0.25) is 0 Å². The van der Waals surface area contributed by atoms with Crippen LogP contribution in [0.5, 0.6) is 0 Å².